The highest BCUT2D eigenvalue weighted by molar-refractivity contribution is 6.02. The molecule has 1 heterocycles. The van der Waals surface area contributed by atoms with E-state index in [1.165, 1.54) is 4.68 Å². The van der Waals surface area contributed by atoms with Crippen LogP contribution in [0.3, 0.4) is 0 Å². The fourth-order valence-corrected chi connectivity index (χ4v) is 3.27. The summed E-state index contributed by atoms with van der Waals surface area (Å²) < 4.78 is 6.52. The molecule has 162 valence electrons. The molecule has 0 radical (unpaired) electrons. The van der Waals surface area contributed by atoms with Gasteiger partial charge in [-0.1, -0.05) is 74.7 Å². The molecular weight excluding hydrogens is 394 g/mol. The highest BCUT2D eigenvalue weighted by Crippen LogP contribution is 2.14. The summed E-state index contributed by atoms with van der Waals surface area (Å²) in [6, 6.07) is 16.3. The van der Waals surface area contributed by atoms with Gasteiger partial charge in [0, 0.05) is 18.5 Å². The molecule has 0 atom stereocenters. The minimum atomic E-state index is -0.728. The molecule has 0 unspecified atom stereocenters. The second-order valence-electron chi connectivity index (χ2n) is 7.32. The zero-order valence-electron chi connectivity index (χ0n) is 17.7. The SMILES string of the molecule is CCCCCCn1nc(C(=O)OCC(=O)NCc2ccccc2)c2ccccc2c1=O. The summed E-state index contributed by atoms with van der Waals surface area (Å²) in [7, 11) is 0. The van der Waals surface area contributed by atoms with Gasteiger partial charge in [-0.15, -0.1) is 0 Å². The number of hydrogen-bond acceptors (Lipinski definition) is 5. The first-order chi connectivity index (χ1) is 15.1. The normalized spacial score (nSPS) is 10.7. The fraction of sp³-hybridized carbons (Fsp3) is 0.333. The van der Waals surface area contributed by atoms with Crippen molar-refractivity contribution in [3.8, 4) is 0 Å². The number of ether oxygens (including phenoxy) is 1. The van der Waals surface area contributed by atoms with Crippen LogP contribution >= 0.6 is 0 Å². The largest absolute Gasteiger partial charge is 0.451 e. The number of fused-ring (bicyclic) bond motifs is 1. The van der Waals surface area contributed by atoms with Crippen molar-refractivity contribution in [2.75, 3.05) is 6.61 Å². The number of unbranched alkanes of at least 4 members (excludes halogenated alkanes) is 3. The molecule has 0 bridgehead atoms. The number of benzene rings is 2. The van der Waals surface area contributed by atoms with Crippen molar-refractivity contribution in [2.45, 2.75) is 45.7 Å². The van der Waals surface area contributed by atoms with Crippen LogP contribution in [-0.4, -0.2) is 28.3 Å². The quantitative estimate of drug-likeness (QED) is 0.400. The van der Waals surface area contributed by atoms with E-state index < -0.39 is 18.5 Å². The van der Waals surface area contributed by atoms with E-state index in [4.69, 9.17) is 4.74 Å². The topological polar surface area (TPSA) is 90.3 Å². The Kier molecular flexibility index (Phi) is 7.92. The van der Waals surface area contributed by atoms with Gasteiger partial charge < -0.3 is 10.1 Å². The molecule has 3 aromatic rings. The summed E-state index contributed by atoms with van der Waals surface area (Å²) in [5, 5.41) is 7.81. The first-order valence-corrected chi connectivity index (χ1v) is 10.6. The molecule has 1 aromatic heterocycles. The van der Waals surface area contributed by atoms with E-state index in [1.54, 1.807) is 24.3 Å². The van der Waals surface area contributed by atoms with Crippen molar-refractivity contribution < 1.29 is 14.3 Å². The Balaban J connectivity index is 1.69. The van der Waals surface area contributed by atoms with Gasteiger partial charge in [-0.3, -0.25) is 9.59 Å². The Morgan fingerprint density at radius 2 is 1.68 bits per heavy atom. The van der Waals surface area contributed by atoms with Crippen LogP contribution in [0.4, 0.5) is 0 Å². The van der Waals surface area contributed by atoms with E-state index in [1.807, 2.05) is 30.3 Å². The van der Waals surface area contributed by atoms with Gasteiger partial charge in [0.15, 0.2) is 12.3 Å². The summed E-state index contributed by atoms with van der Waals surface area (Å²) in [5.41, 5.74) is 0.760. The lowest BCUT2D eigenvalue weighted by Gasteiger charge is -2.11. The number of carbonyl (C=O) groups is 2. The average molecular weight is 421 g/mol. The summed E-state index contributed by atoms with van der Waals surface area (Å²) in [4.78, 5) is 37.5. The van der Waals surface area contributed by atoms with Crippen molar-refractivity contribution >= 4 is 22.6 Å². The van der Waals surface area contributed by atoms with Crippen LogP contribution < -0.4 is 10.9 Å². The summed E-state index contributed by atoms with van der Waals surface area (Å²) in [6.45, 7) is 2.48. The van der Waals surface area contributed by atoms with Gasteiger partial charge in [0.1, 0.15) is 0 Å². The molecule has 31 heavy (non-hydrogen) atoms. The molecule has 0 saturated heterocycles. The fourth-order valence-electron chi connectivity index (χ4n) is 3.27. The van der Waals surface area contributed by atoms with Crippen LogP contribution in [0.5, 0.6) is 0 Å². The van der Waals surface area contributed by atoms with Crippen LogP contribution in [0.2, 0.25) is 0 Å². The minimum absolute atomic E-state index is 0.0431. The van der Waals surface area contributed by atoms with Gasteiger partial charge >= 0.3 is 5.97 Å². The number of hydrogen-bond donors (Lipinski definition) is 1. The smallest absolute Gasteiger partial charge is 0.359 e. The molecular formula is C24H27N3O4. The number of esters is 1. The molecule has 1 N–H and O–H groups in total. The third-order valence-electron chi connectivity index (χ3n) is 4.95. The number of aromatic nitrogens is 2. The Labute approximate surface area is 181 Å². The Hall–Kier alpha value is -3.48. The Morgan fingerprint density at radius 3 is 2.42 bits per heavy atom. The second-order valence-corrected chi connectivity index (χ2v) is 7.32. The summed E-state index contributed by atoms with van der Waals surface area (Å²) in [5.74, 6) is -1.14. The van der Waals surface area contributed by atoms with E-state index in [0.717, 1.165) is 31.2 Å². The molecule has 1 amide bonds. The third-order valence-corrected chi connectivity index (χ3v) is 4.95. The maximum absolute atomic E-state index is 12.7. The molecule has 7 heteroatoms. The number of rotatable bonds is 10. The molecule has 0 spiro atoms. The predicted octanol–water partition coefficient (Wildman–Crippen LogP) is 3.45. The molecule has 0 aliphatic rings. The van der Waals surface area contributed by atoms with E-state index in [2.05, 4.69) is 17.3 Å². The van der Waals surface area contributed by atoms with Crippen LogP contribution in [0.25, 0.3) is 10.8 Å². The molecule has 0 aliphatic carbocycles. The molecule has 0 saturated carbocycles. The van der Waals surface area contributed by atoms with Crippen molar-refractivity contribution in [3.63, 3.8) is 0 Å². The highest BCUT2D eigenvalue weighted by atomic mass is 16.5. The van der Waals surface area contributed by atoms with Gasteiger partial charge in [0.25, 0.3) is 11.5 Å². The van der Waals surface area contributed by atoms with Gasteiger partial charge in [0.2, 0.25) is 0 Å². The maximum atomic E-state index is 12.7. The van der Waals surface area contributed by atoms with Crippen molar-refractivity contribution in [1.82, 2.24) is 15.1 Å². The van der Waals surface area contributed by atoms with Crippen LogP contribution in [0.15, 0.2) is 59.4 Å². The number of amides is 1. The summed E-state index contributed by atoms with van der Waals surface area (Å²) >= 11 is 0. The van der Waals surface area contributed by atoms with E-state index in [-0.39, 0.29) is 11.3 Å². The van der Waals surface area contributed by atoms with Gasteiger partial charge in [0.05, 0.1) is 5.39 Å². The number of nitrogens with one attached hydrogen (secondary N) is 1. The third kappa shape index (κ3) is 6.01. The first kappa shape index (κ1) is 22.2. The first-order valence-electron chi connectivity index (χ1n) is 10.6. The molecule has 2 aromatic carbocycles. The Bertz CT molecular complexity index is 1090. The van der Waals surface area contributed by atoms with Gasteiger partial charge in [-0.25, -0.2) is 9.48 Å². The summed E-state index contributed by atoms with van der Waals surface area (Å²) in [6.07, 6.45) is 3.95. The molecule has 0 fully saturated rings. The molecule has 3 rings (SSSR count). The number of aryl methyl sites for hydroxylation is 1. The maximum Gasteiger partial charge on any atom is 0.359 e. The average Bonchev–Trinajstić information content (AvgIpc) is 2.81. The van der Waals surface area contributed by atoms with E-state index in [0.29, 0.717) is 23.9 Å². The lowest BCUT2D eigenvalue weighted by molar-refractivity contribution is -0.124. The number of carbonyl (C=O) groups excluding carboxylic acids is 2. The van der Waals surface area contributed by atoms with E-state index >= 15 is 0 Å². The lowest BCUT2D eigenvalue weighted by atomic mass is 10.1. The standard InChI is InChI=1S/C24H27N3O4/c1-2-3-4-10-15-27-23(29)20-14-9-8-13-19(20)22(26-27)24(30)31-17-21(28)25-16-18-11-6-5-7-12-18/h5-9,11-14H,2-4,10,15-17H2,1H3,(H,25,28). The van der Waals surface area contributed by atoms with Crippen molar-refractivity contribution in [3.05, 3.63) is 76.2 Å². The van der Waals surface area contributed by atoms with Crippen LogP contribution in [-0.2, 0) is 22.6 Å². The second kappa shape index (κ2) is 11.1. The zero-order chi connectivity index (χ0) is 22.1. The van der Waals surface area contributed by atoms with Crippen molar-refractivity contribution in [1.29, 1.82) is 0 Å². The number of nitrogens with zero attached hydrogens (tertiary/aromatic N) is 2. The van der Waals surface area contributed by atoms with Gasteiger partial charge in [-0.2, -0.15) is 5.10 Å². The van der Waals surface area contributed by atoms with Crippen molar-refractivity contribution in [2.24, 2.45) is 0 Å². The van der Waals surface area contributed by atoms with Crippen LogP contribution in [0.1, 0.15) is 48.7 Å². The molecule has 7 nitrogen and oxygen atoms in total. The monoisotopic (exact) mass is 421 g/mol. The highest BCUT2D eigenvalue weighted by Gasteiger charge is 2.19. The Morgan fingerprint density at radius 1 is 0.968 bits per heavy atom. The van der Waals surface area contributed by atoms with Gasteiger partial charge in [-0.05, 0) is 18.1 Å². The van der Waals surface area contributed by atoms with E-state index in [9.17, 15) is 14.4 Å². The predicted molar refractivity (Wildman–Crippen MR) is 119 cm³/mol. The zero-order valence-corrected chi connectivity index (χ0v) is 17.7. The van der Waals surface area contributed by atoms with Crippen LogP contribution in [0, 0.1) is 0 Å². The lowest BCUT2D eigenvalue weighted by Crippen LogP contribution is -2.30. The molecule has 0 aliphatic heterocycles. The minimum Gasteiger partial charge on any atom is -0.451 e.